The van der Waals surface area contributed by atoms with E-state index in [0.717, 1.165) is 24.7 Å². The molecule has 21 heavy (non-hydrogen) atoms. The maximum Gasteiger partial charge on any atom is 0.0991 e. The number of ether oxygens (including phenoxy) is 1. The van der Waals surface area contributed by atoms with Crippen LogP contribution in [0.1, 0.15) is 56.1 Å². The van der Waals surface area contributed by atoms with Crippen molar-refractivity contribution in [2.45, 2.75) is 44.9 Å². The molecule has 0 heterocycles. The van der Waals surface area contributed by atoms with Crippen LogP contribution in [0, 0.1) is 17.2 Å². The van der Waals surface area contributed by atoms with E-state index in [1.165, 1.54) is 37.7 Å². The largest absolute Gasteiger partial charge is 0.377 e. The van der Waals surface area contributed by atoms with E-state index >= 15 is 0 Å². The Bertz CT molecular complexity index is 475. The summed E-state index contributed by atoms with van der Waals surface area (Å²) < 4.78 is 5.60. The first-order chi connectivity index (χ1) is 10.3. The Kier molecular flexibility index (Phi) is 6.50. The van der Waals surface area contributed by atoms with Crippen molar-refractivity contribution < 1.29 is 4.74 Å². The molecular weight excluding hydrogens is 258 g/mol. The molecule has 0 amide bonds. The molecule has 0 aliphatic heterocycles. The predicted molar refractivity (Wildman–Crippen MR) is 86.1 cm³/mol. The number of hydrogen-bond donors (Lipinski definition) is 0. The van der Waals surface area contributed by atoms with E-state index in [-0.39, 0.29) is 0 Å². The lowest BCUT2D eigenvalue weighted by Gasteiger charge is -2.28. The Morgan fingerprint density at radius 3 is 2.52 bits per heavy atom. The van der Waals surface area contributed by atoms with Crippen molar-refractivity contribution in [2.75, 3.05) is 13.2 Å². The van der Waals surface area contributed by atoms with Crippen LogP contribution in [-0.2, 0) is 4.74 Å². The average molecular weight is 283 g/mol. The van der Waals surface area contributed by atoms with Gasteiger partial charge >= 0.3 is 0 Å². The quantitative estimate of drug-likeness (QED) is 0.554. The van der Waals surface area contributed by atoms with Crippen molar-refractivity contribution in [2.24, 2.45) is 5.92 Å². The summed E-state index contributed by atoms with van der Waals surface area (Å²) in [7, 11) is 0. The molecular formula is C19H25NO. The van der Waals surface area contributed by atoms with Crippen molar-refractivity contribution >= 4 is 0 Å². The topological polar surface area (TPSA) is 33.0 Å². The Balaban J connectivity index is 1.71. The molecule has 2 nitrogen and oxygen atoms in total. The van der Waals surface area contributed by atoms with E-state index in [4.69, 9.17) is 10.00 Å². The van der Waals surface area contributed by atoms with Gasteiger partial charge in [-0.25, -0.2) is 0 Å². The first-order valence-electron chi connectivity index (χ1n) is 8.02. The van der Waals surface area contributed by atoms with Gasteiger partial charge in [0.1, 0.15) is 0 Å². The van der Waals surface area contributed by atoms with Crippen LogP contribution in [0.3, 0.4) is 0 Å². The lowest BCUT2D eigenvalue weighted by molar-refractivity contribution is 0.135. The normalized spacial score (nSPS) is 22.3. The molecule has 0 atom stereocenters. The van der Waals surface area contributed by atoms with E-state index in [2.05, 4.69) is 24.3 Å². The number of benzene rings is 1. The third-order valence-corrected chi connectivity index (χ3v) is 4.48. The lowest BCUT2D eigenvalue weighted by atomic mass is 9.77. The average Bonchev–Trinajstić information content (AvgIpc) is 2.55. The fourth-order valence-corrected chi connectivity index (χ4v) is 3.11. The maximum absolute atomic E-state index is 8.84. The molecule has 1 fully saturated rings. The highest BCUT2D eigenvalue weighted by Crippen LogP contribution is 2.37. The minimum Gasteiger partial charge on any atom is -0.377 e. The van der Waals surface area contributed by atoms with Crippen LogP contribution in [0.5, 0.6) is 0 Å². The van der Waals surface area contributed by atoms with Crippen LogP contribution in [0.2, 0.25) is 0 Å². The minimum atomic E-state index is 0.679. The molecule has 2 rings (SSSR count). The van der Waals surface area contributed by atoms with Crippen molar-refractivity contribution in [3.8, 4) is 6.07 Å². The molecule has 1 aliphatic rings. The van der Waals surface area contributed by atoms with Gasteiger partial charge in [0, 0.05) is 6.61 Å². The molecule has 0 spiro atoms. The lowest BCUT2D eigenvalue weighted by Crippen LogP contribution is -2.15. The van der Waals surface area contributed by atoms with Crippen molar-refractivity contribution in [1.29, 1.82) is 5.26 Å². The number of nitrogens with zero attached hydrogens (tertiary/aromatic N) is 1. The van der Waals surface area contributed by atoms with Crippen molar-refractivity contribution in [3.63, 3.8) is 0 Å². The zero-order valence-corrected chi connectivity index (χ0v) is 12.9. The van der Waals surface area contributed by atoms with Crippen LogP contribution in [-0.4, -0.2) is 13.2 Å². The van der Waals surface area contributed by atoms with E-state index in [1.54, 1.807) is 0 Å². The highest BCUT2D eigenvalue weighted by molar-refractivity contribution is 5.33. The molecule has 1 aliphatic carbocycles. The van der Waals surface area contributed by atoms with Crippen LogP contribution >= 0.6 is 0 Å². The summed E-state index contributed by atoms with van der Waals surface area (Å²) in [5, 5.41) is 8.84. The van der Waals surface area contributed by atoms with Crippen LogP contribution < -0.4 is 0 Å². The SMILES string of the molecule is CC=CCOCCC1CCC(c2ccc(C#N)cc2)CC1. The maximum atomic E-state index is 8.84. The molecule has 112 valence electrons. The predicted octanol–water partition coefficient (Wildman–Crippen LogP) is 4.81. The molecule has 0 aromatic heterocycles. The molecule has 1 saturated carbocycles. The van der Waals surface area contributed by atoms with E-state index in [9.17, 15) is 0 Å². The van der Waals surface area contributed by atoms with Gasteiger partial charge in [0.2, 0.25) is 0 Å². The third kappa shape index (κ3) is 5.02. The van der Waals surface area contributed by atoms with Crippen LogP contribution in [0.4, 0.5) is 0 Å². The zero-order chi connectivity index (χ0) is 14.9. The monoisotopic (exact) mass is 283 g/mol. The molecule has 0 radical (unpaired) electrons. The highest BCUT2D eigenvalue weighted by Gasteiger charge is 2.22. The third-order valence-electron chi connectivity index (χ3n) is 4.48. The van der Waals surface area contributed by atoms with Gasteiger partial charge in [0.25, 0.3) is 0 Å². The summed E-state index contributed by atoms with van der Waals surface area (Å²) in [6.07, 6.45) is 10.4. The molecule has 0 N–H and O–H groups in total. The van der Waals surface area contributed by atoms with Gasteiger partial charge in [-0.15, -0.1) is 0 Å². The van der Waals surface area contributed by atoms with Gasteiger partial charge in [0.15, 0.2) is 0 Å². The first-order valence-corrected chi connectivity index (χ1v) is 8.02. The molecule has 0 saturated heterocycles. The van der Waals surface area contributed by atoms with Gasteiger partial charge in [-0.05, 0) is 68.6 Å². The van der Waals surface area contributed by atoms with Gasteiger partial charge < -0.3 is 4.74 Å². The van der Waals surface area contributed by atoms with E-state index < -0.39 is 0 Å². The summed E-state index contributed by atoms with van der Waals surface area (Å²) in [5.41, 5.74) is 2.16. The van der Waals surface area contributed by atoms with Crippen LogP contribution in [0.25, 0.3) is 0 Å². The second-order valence-corrected chi connectivity index (χ2v) is 5.88. The Labute approximate surface area is 128 Å². The van der Waals surface area contributed by atoms with Gasteiger partial charge in [0.05, 0.1) is 18.2 Å². The minimum absolute atomic E-state index is 0.679. The smallest absolute Gasteiger partial charge is 0.0991 e. The number of allylic oxidation sites excluding steroid dienone is 1. The summed E-state index contributed by atoms with van der Waals surface area (Å²) in [5.74, 6) is 1.50. The second-order valence-electron chi connectivity index (χ2n) is 5.88. The standard InChI is InChI=1S/C19H25NO/c1-2-3-13-21-14-12-16-4-8-18(9-5-16)19-10-6-17(15-20)7-11-19/h2-3,6-7,10-11,16,18H,4-5,8-9,12-14H2,1H3. The summed E-state index contributed by atoms with van der Waals surface area (Å²) in [6.45, 7) is 3.65. The highest BCUT2D eigenvalue weighted by atomic mass is 16.5. The van der Waals surface area contributed by atoms with Crippen molar-refractivity contribution in [1.82, 2.24) is 0 Å². The Morgan fingerprint density at radius 1 is 1.19 bits per heavy atom. The number of rotatable bonds is 6. The molecule has 1 aromatic carbocycles. The fourth-order valence-electron chi connectivity index (χ4n) is 3.11. The van der Waals surface area contributed by atoms with Crippen molar-refractivity contribution in [3.05, 3.63) is 47.5 Å². The van der Waals surface area contributed by atoms with E-state index in [0.29, 0.717) is 5.92 Å². The first kappa shape index (κ1) is 15.8. The Hall–Kier alpha value is -1.59. The summed E-state index contributed by atoms with van der Waals surface area (Å²) in [6, 6.07) is 10.3. The zero-order valence-electron chi connectivity index (χ0n) is 12.9. The molecule has 0 bridgehead atoms. The molecule has 2 heteroatoms. The molecule has 1 aromatic rings. The van der Waals surface area contributed by atoms with Gasteiger partial charge in [-0.3, -0.25) is 0 Å². The molecule has 0 unspecified atom stereocenters. The summed E-state index contributed by atoms with van der Waals surface area (Å²) >= 11 is 0. The van der Waals surface area contributed by atoms with Crippen LogP contribution in [0.15, 0.2) is 36.4 Å². The number of nitriles is 1. The Morgan fingerprint density at radius 2 is 1.90 bits per heavy atom. The van der Waals surface area contributed by atoms with E-state index in [1.807, 2.05) is 25.1 Å². The fraction of sp³-hybridized carbons (Fsp3) is 0.526. The van der Waals surface area contributed by atoms with Gasteiger partial charge in [-0.2, -0.15) is 5.26 Å². The second kappa shape index (κ2) is 8.64. The van der Waals surface area contributed by atoms with Gasteiger partial charge in [-0.1, -0.05) is 24.3 Å². The number of hydrogen-bond acceptors (Lipinski definition) is 2. The summed E-state index contributed by atoms with van der Waals surface area (Å²) in [4.78, 5) is 0.